The number of pyridine rings is 1. The van der Waals surface area contributed by atoms with Crippen molar-refractivity contribution in [1.82, 2.24) is 9.55 Å². The molecule has 0 saturated heterocycles. The number of anilines is 1. The van der Waals surface area contributed by atoms with E-state index in [0.717, 1.165) is 10.9 Å². The highest BCUT2D eigenvalue weighted by molar-refractivity contribution is 6.06. The molecule has 2 aromatic heterocycles. The summed E-state index contributed by atoms with van der Waals surface area (Å²) < 4.78 is 2.10. The molecule has 3 rings (SSSR count). The molecular weight excluding hydrogens is 274 g/mol. The van der Waals surface area contributed by atoms with Crippen LogP contribution in [0.1, 0.15) is 35.7 Å². The number of rotatable bonds is 3. The van der Waals surface area contributed by atoms with Gasteiger partial charge in [-0.05, 0) is 41.8 Å². The molecule has 2 heterocycles. The van der Waals surface area contributed by atoms with E-state index in [0.29, 0.717) is 17.3 Å². The average Bonchev–Trinajstić information content (AvgIpc) is 2.85. The third-order valence-electron chi connectivity index (χ3n) is 3.81. The number of benzene rings is 1. The molecule has 0 spiro atoms. The summed E-state index contributed by atoms with van der Waals surface area (Å²) in [6, 6.07) is 11.3. The van der Waals surface area contributed by atoms with Crippen molar-refractivity contribution in [3.8, 4) is 0 Å². The Bertz CT molecular complexity index is 819. The standard InChI is InChI=1S/C18H19N3O/c1-12(2)15-11-21(3)16-8-7-13(10-14(15)16)18(22)20-17-6-4-5-9-19-17/h4-12H,1-3H3,(H,19,20,22). The molecule has 0 aliphatic rings. The SMILES string of the molecule is CC(C)c1cn(C)c2ccc(C(=O)Nc3ccccn3)cc12. The molecule has 0 radical (unpaired) electrons. The van der Waals surface area contributed by atoms with E-state index in [2.05, 4.69) is 34.9 Å². The third kappa shape index (κ3) is 2.60. The van der Waals surface area contributed by atoms with Gasteiger partial charge < -0.3 is 9.88 Å². The van der Waals surface area contributed by atoms with E-state index in [9.17, 15) is 4.79 Å². The second kappa shape index (κ2) is 5.64. The Morgan fingerprint density at radius 1 is 1.23 bits per heavy atom. The average molecular weight is 293 g/mol. The maximum Gasteiger partial charge on any atom is 0.256 e. The van der Waals surface area contributed by atoms with Crippen molar-refractivity contribution in [3.63, 3.8) is 0 Å². The molecule has 22 heavy (non-hydrogen) atoms. The maximum absolute atomic E-state index is 12.4. The Morgan fingerprint density at radius 3 is 2.73 bits per heavy atom. The summed E-state index contributed by atoms with van der Waals surface area (Å²) in [5.74, 6) is 0.835. The molecule has 3 aromatic rings. The van der Waals surface area contributed by atoms with Crippen molar-refractivity contribution in [2.75, 3.05) is 5.32 Å². The van der Waals surface area contributed by atoms with Crippen LogP contribution < -0.4 is 5.32 Å². The highest BCUT2D eigenvalue weighted by Crippen LogP contribution is 2.28. The van der Waals surface area contributed by atoms with Gasteiger partial charge in [-0.2, -0.15) is 0 Å². The van der Waals surface area contributed by atoms with Crippen LogP contribution in [0.15, 0.2) is 48.8 Å². The molecule has 1 aromatic carbocycles. The van der Waals surface area contributed by atoms with Gasteiger partial charge in [-0.1, -0.05) is 19.9 Å². The van der Waals surface area contributed by atoms with Gasteiger partial charge in [0.15, 0.2) is 0 Å². The van der Waals surface area contributed by atoms with Gasteiger partial charge >= 0.3 is 0 Å². The first-order chi connectivity index (χ1) is 10.6. The Labute approximate surface area is 129 Å². The quantitative estimate of drug-likeness (QED) is 0.795. The Kier molecular flexibility index (Phi) is 3.67. The number of aryl methyl sites for hydroxylation is 1. The van der Waals surface area contributed by atoms with E-state index in [1.54, 1.807) is 12.3 Å². The minimum absolute atomic E-state index is 0.140. The molecule has 0 aliphatic carbocycles. The lowest BCUT2D eigenvalue weighted by atomic mass is 10.0. The lowest BCUT2D eigenvalue weighted by molar-refractivity contribution is 0.102. The molecular formula is C18H19N3O. The van der Waals surface area contributed by atoms with E-state index < -0.39 is 0 Å². The third-order valence-corrected chi connectivity index (χ3v) is 3.81. The van der Waals surface area contributed by atoms with Gasteiger partial charge in [0.05, 0.1) is 0 Å². The zero-order valence-corrected chi connectivity index (χ0v) is 13.0. The van der Waals surface area contributed by atoms with Crippen molar-refractivity contribution in [1.29, 1.82) is 0 Å². The second-order valence-corrected chi connectivity index (χ2v) is 5.75. The lowest BCUT2D eigenvalue weighted by Crippen LogP contribution is -2.12. The molecule has 4 nitrogen and oxygen atoms in total. The fraction of sp³-hybridized carbons (Fsp3) is 0.222. The largest absolute Gasteiger partial charge is 0.350 e. The summed E-state index contributed by atoms with van der Waals surface area (Å²) in [4.78, 5) is 16.5. The number of fused-ring (bicyclic) bond motifs is 1. The molecule has 4 heteroatoms. The monoisotopic (exact) mass is 293 g/mol. The van der Waals surface area contributed by atoms with Crippen molar-refractivity contribution in [2.45, 2.75) is 19.8 Å². The lowest BCUT2D eigenvalue weighted by Gasteiger charge is -2.06. The van der Waals surface area contributed by atoms with E-state index in [1.165, 1.54) is 5.56 Å². The molecule has 1 N–H and O–H groups in total. The molecule has 0 unspecified atom stereocenters. The van der Waals surface area contributed by atoms with Crippen molar-refractivity contribution in [3.05, 3.63) is 59.9 Å². The van der Waals surface area contributed by atoms with Gasteiger partial charge in [0.2, 0.25) is 0 Å². The molecule has 112 valence electrons. The van der Waals surface area contributed by atoms with Crippen LogP contribution in [-0.4, -0.2) is 15.5 Å². The maximum atomic E-state index is 12.4. The Morgan fingerprint density at radius 2 is 2.05 bits per heavy atom. The number of nitrogens with zero attached hydrogens (tertiary/aromatic N) is 2. The summed E-state index contributed by atoms with van der Waals surface area (Å²) in [7, 11) is 2.03. The highest BCUT2D eigenvalue weighted by Gasteiger charge is 2.13. The minimum atomic E-state index is -0.140. The number of aromatic nitrogens is 2. The number of carbonyl (C=O) groups excluding carboxylic acids is 1. The molecule has 0 bridgehead atoms. The van der Waals surface area contributed by atoms with Crippen LogP contribution in [0.3, 0.4) is 0 Å². The van der Waals surface area contributed by atoms with Crippen LogP contribution >= 0.6 is 0 Å². The molecule has 0 saturated carbocycles. The fourth-order valence-electron chi connectivity index (χ4n) is 2.65. The van der Waals surface area contributed by atoms with Crippen molar-refractivity contribution >= 4 is 22.6 Å². The smallest absolute Gasteiger partial charge is 0.256 e. The number of hydrogen-bond donors (Lipinski definition) is 1. The van der Waals surface area contributed by atoms with Crippen LogP contribution in [0.4, 0.5) is 5.82 Å². The van der Waals surface area contributed by atoms with Crippen LogP contribution in [0.2, 0.25) is 0 Å². The van der Waals surface area contributed by atoms with Crippen LogP contribution in [0.5, 0.6) is 0 Å². The van der Waals surface area contributed by atoms with E-state index in [1.807, 2.05) is 37.4 Å². The zero-order valence-electron chi connectivity index (χ0n) is 13.0. The van der Waals surface area contributed by atoms with Crippen molar-refractivity contribution in [2.24, 2.45) is 7.05 Å². The Balaban J connectivity index is 1.97. The molecule has 0 atom stereocenters. The van der Waals surface area contributed by atoms with Crippen LogP contribution in [0, 0.1) is 0 Å². The topological polar surface area (TPSA) is 46.9 Å². The summed E-state index contributed by atoms with van der Waals surface area (Å²) in [5.41, 5.74) is 3.04. The fourth-order valence-corrected chi connectivity index (χ4v) is 2.65. The first kappa shape index (κ1) is 14.3. The van der Waals surface area contributed by atoms with Gasteiger partial charge in [0, 0.05) is 35.9 Å². The Hall–Kier alpha value is -2.62. The predicted octanol–water partition coefficient (Wildman–Crippen LogP) is 3.95. The normalized spacial score (nSPS) is 11.1. The number of carbonyl (C=O) groups is 1. The summed E-state index contributed by atoms with van der Waals surface area (Å²) >= 11 is 0. The summed E-state index contributed by atoms with van der Waals surface area (Å²) in [6.07, 6.45) is 3.79. The van der Waals surface area contributed by atoms with E-state index >= 15 is 0 Å². The summed E-state index contributed by atoms with van der Waals surface area (Å²) in [5, 5.41) is 3.95. The predicted molar refractivity (Wildman–Crippen MR) is 89.2 cm³/mol. The zero-order chi connectivity index (χ0) is 15.7. The highest BCUT2D eigenvalue weighted by atomic mass is 16.1. The summed E-state index contributed by atoms with van der Waals surface area (Å²) in [6.45, 7) is 4.32. The molecule has 0 fully saturated rings. The first-order valence-corrected chi connectivity index (χ1v) is 7.37. The van der Waals surface area contributed by atoms with Crippen molar-refractivity contribution < 1.29 is 4.79 Å². The molecule has 0 aliphatic heterocycles. The van der Waals surface area contributed by atoms with Gasteiger partial charge in [-0.15, -0.1) is 0 Å². The number of amides is 1. The van der Waals surface area contributed by atoms with Gasteiger partial charge in [-0.25, -0.2) is 4.98 Å². The molecule has 1 amide bonds. The second-order valence-electron chi connectivity index (χ2n) is 5.75. The number of nitrogens with one attached hydrogen (secondary N) is 1. The van der Waals surface area contributed by atoms with Crippen LogP contribution in [0.25, 0.3) is 10.9 Å². The van der Waals surface area contributed by atoms with Crippen LogP contribution in [-0.2, 0) is 7.05 Å². The van der Waals surface area contributed by atoms with Gasteiger partial charge in [-0.3, -0.25) is 4.79 Å². The van der Waals surface area contributed by atoms with Gasteiger partial charge in [0.1, 0.15) is 5.82 Å². The van der Waals surface area contributed by atoms with E-state index in [-0.39, 0.29) is 5.91 Å². The van der Waals surface area contributed by atoms with E-state index in [4.69, 9.17) is 0 Å². The minimum Gasteiger partial charge on any atom is -0.350 e. The number of hydrogen-bond acceptors (Lipinski definition) is 2. The van der Waals surface area contributed by atoms with Gasteiger partial charge in [0.25, 0.3) is 5.91 Å². The first-order valence-electron chi connectivity index (χ1n) is 7.37.